The summed E-state index contributed by atoms with van der Waals surface area (Å²) >= 11 is 7.65. The largest absolute Gasteiger partial charge is 0.247 e. The maximum atomic E-state index is 13.1. The summed E-state index contributed by atoms with van der Waals surface area (Å²) < 4.78 is 13.1. The molecule has 1 heterocycles. The summed E-state index contributed by atoms with van der Waals surface area (Å²) in [5, 5.41) is 3.14. The third-order valence-corrected chi connectivity index (χ3v) is 4.05. The molecule has 1 aromatic carbocycles. The van der Waals surface area contributed by atoms with Crippen LogP contribution in [0.15, 0.2) is 29.6 Å². The van der Waals surface area contributed by atoms with E-state index in [1.54, 1.807) is 23.5 Å². The van der Waals surface area contributed by atoms with Gasteiger partial charge in [-0.2, -0.15) is 0 Å². The van der Waals surface area contributed by atoms with Gasteiger partial charge in [0.25, 0.3) is 0 Å². The minimum Gasteiger partial charge on any atom is -0.247 e. The van der Waals surface area contributed by atoms with Gasteiger partial charge in [-0.1, -0.05) is 12.1 Å². The molecule has 0 saturated heterocycles. The van der Waals surface area contributed by atoms with Gasteiger partial charge in [0.15, 0.2) is 0 Å². The number of hydrogen-bond donors (Lipinski definition) is 0. The highest BCUT2D eigenvalue weighted by atomic mass is 35.5. The van der Waals surface area contributed by atoms with E-state index in [4.69, 9.17) is 11.6 Å². The molecule has 0 aliphatic carbocycles. The maximum Gasteiger partial charge on any atom is 0.123 e. The molecule has 0 aliphatic rings. The molecule has 1 atom stereocenters. The normalized spacial score (nSPS) is 12.6. The lowest BCUT2D eigenvalue weighted by Crippen LogP contribution is -2.10. The van der Waals surface area contributed by atoms with Gasteiger partial charge in [0.2, 0.25) is 0 Å². The summed E-state index contributed by atoms with van der Waals surface area (Å²) in [6.45, 7) is 2.00. The predicted octanol–water partition coefficient (Wildman–Crippen LogP) is 4.23. The molecule has 2 aromatic rings. The first-order chi connectivity index (χ1) is 8.67. The van der Waals surface area contributed by atoms with Crippen LogP contribution in [0, 0.1) is 18.7 Å². The Kier molecular flexibility index (Phi) is 4.72. The monoisotopic (exact) mass is 283 g/mol. The highest BCUT2D eigenvalue weighted by molar-refractivity contribution is 7.09. The molecule has 0 spiro atoms. The first-order valence-corrected chi connectivity index (χ1v) is 7.30. The first kappa shape index (κ1) is 13.5. The molecular weight excluding hydrogens is 269 g/mol. The minimum atomic E-state index is -0.190. The number of hydrogen-bond acceptors (Lipinski definition) is 2. The predicted molar refractivity (Wildman–Crippen MR) is 74.9 cm³/mol. The fourth-order valence-electron chi connectivity index (χ4n) is 1.98. The number of halogens is 2. The zero-order valence-electron chi connectivity index (χ0n) is 10.2. The van der Waals surface area contributed by atoms with Crippen LogP contribution in [0.25, 0.3) is 0 Å². The summed E-state index contributed by atoms with van der Waals surface area (Å²) in [5.74, 6) is 0.674. The van der Waals surface area contributed by atoms with Gasteiger partial charge in [0.1, 0.15) is 5.82 Å². The van der Waals surface area contributed by atoms with E-state index in [-0.39, 0.29) is 5.82 Å². The molecule has 96 valence electrons. The van der Waals surface area contributed by atoms with Gasteiger partial charge in [-0.3, -0.25) is 0 Å². The van der Waals surface area contributed by atoms with Crippen molar-refractivity contribution in [2.75, 3.05) is 5.88 Å². The summed E-state index contributed by atoms with van der Waals surface area (Å²) in [4.78, 5) is 4.44. The summed E-state index contributed by atoms with van der Waals surface area (Å²) in [7, 11) is 0. The van der Waals surface area contributed by atoms with E-state index in [1.807, 2.05) is 13.0 Å². The second kappa shape index (κ2) is 6.30. The average Bonchev–Trinajstić information content (AvgIpc) is 2.74. The average molecular weight is 284 g/mol. The van der Waals surface area contributed by atoms with Crippen molar-refractivity contribution in [3.05, 3.63) is 51.7 Å². The Bertz CT molecular complexity index is 512. The van der Waals surface area contributed by atoms with E-state index in [0.29, 0.717) is 11.8 Å². The third kappa shape index (κ3) is 3.79. The smallest absolute Gasteiger partial charge is 0.123 e. The van der Waals surface area contributed by atoms with Crippen molar-refractivity contribution in [3.8, 4) is 0 Å². The van der Waals surface area contributed by atoms with Crippen LogP contribution in [-0.4, -0.2) is 10.9 Å². The molecule has 0 bridgehead atoms. The molecule has 1 unspecified atom stereocenters. The zero-order chi connectivity index (χ0) is 13.0. The minimum absolute atomic E-state index is 0.190. The SMILES string of the molecule is Cc1nc(CC(CCl)Cc2cccc(F)c2)cs1. The lowest BCUT2D eigenvalue weighted by molar-refractivity contribution is 0.570. The van der Waals surface area contributed by atoms with Gasteiger partial charge in [0.05, 0.1) is 10.7 Å². The quantitative estimate of drug-likeness (QED) is 0.748. The lowest BCUT2D eigenvalue weighted by Gasteiger charge is -2.12. The molecule has 0 fully saturated rings. The first-order valence-electron chi connectivity index (χ1n) is 5.89. The van der Waals surface area contributed by atoms with Crippen molar-refractivity contribution >= 4 is 22.9 Å². The standard InChI is InChI=1S/C14H15ClFNS/c1-10-17-14(9-18-10)7-12(8-15)5-11-3-2-4-13(16)6-11/h2-4,6,9,12H,5,7-8H2,1H3. The molecule has 4 heteroatoms. The molecule has 1 aromatic heterocycles. The summed E-state index contributed by atoms with van der Waals surface area (Å²) in [5.41, 5.74) is 2.08. The van der Waals surface area contributed by atoms with E-state index in [9.17, 15) is 4.39 Å². The molecule has 0 radical (unpaired) electrons. The van der Waals surface area contributed by atoms with E-state index >= 15 is 0 Å². The van der Waals surface area contributed by atoms with E-state index < -0.39 is 0 Å². The molecule has 0 N–H and O–H groups in total. The molecule has 18 heavy (non-hydrogen) atoms. The number of thiazole rings is 1. The van der Waals surface area contributed by atoms with E-state index in [2.05, 4.69) is 10.4 Å². The van der Waals surface area contributed by atoms with Crippen molar-refractivity contribution in [3.63, 3.8) is 0 Å². The van der Waals surface area contributed by atoms with Crippen molar-refractivity contribution in [2.45, 2.75) is 19.8 Å². The van der Waals surface area contributed by atoms with Crippen LogP contribution < -0.4 is 0 Å². The van der Waals surface area contributed by atoms with Crippen LogP contribution in [-0.2, 0) is 12.8 Å². The topological polar surface area (TPSA) is 12.9 Å². The molecule has 0 aliphatic heterocycles. The van der Waals surface area contributed by atoms with Crippen LogP contribution in [0.3, 0.4) is 0 Å². The Balaban J connectivity index is 2.01. The number of alkyl halides is 1. The van der Waals surface area contributed by atoms with Gasteiger partial charge in [-0.25, -0.2) is 9.37 Å². The lowest BCUT2D eigenvalue weighted by atomic mass is 9.97. The maximum absolute atomic E-state index is 13.1. The third-order valence-electron chi connectivity index (χ3n) is 2.80. The number of benzene rings is 1. The van der Waals surface area contributed by atoms with Gasteiger partial charge in [-0.05, 0) is 43.4 Å². The number of aryl methyl sites for hydroxylation is 1. The number of nitrogens with zero attached hydrogens (tertiary/aromatic N) is 1. The second-order valence-corrected chi connectivity index (χ2v) is 5.79. The number of aromatic nitrogens is 1. The Hall–Kier alpha value is -0.930. The molecule has 0 saturated carbocycles. The number of rotatable bonds is 5. The van der Waals surface area contributed by atoms with Crippen LogP contribution >= 0.6 is 22.9 Å². The summed E-state index contributed by atoms with van der Waals surface area (Å²) in [6.07, 6.45) is 1.64. The zero-order valence-corrected chi connectivity index (χ0v) is 11.8. The van der Waals surface area contributed by atoms with Crippen molar-refractivity contribution < 1.29 is 4.39 Å². The van der Waals surface area contributed by atoms with Gasteiger partial charge in [-0.15, -0.1) is 22.9 Å². The van der Waals surface area contributed by atoms with Gasteiger partial charge < -0.3 is 0 Å². The van der Waals surface area contributed by atoms with Crippen molar-refractivity contribution in [2.24, 2.45) is 5.92 Å². The van der Waals surface area contributed by atoms with Crippen molar-refractivity contribution in [1.82, 2.24) is 4.98 Å². The summed E-state index contributed by atoms with van der Waals surface area (Å²) in [6, 6.07) is 6.71. The molecule has 0 amide bonds. The molecule has 2 rings (SSSR count). The van der Waals surface area contributed by atoms with Crippen LogP contribution in [0.4, 0.5) is 4.39 Å². The Morgan fingerprint density at radius 2 is 2.22 bits per heavy atom. The Morgan fingerprint density at radius 3 is 2.83 bits per heavy atom. The second-order valence-electron chi connectivity index (χ2n) is 4.42. The van der Waals surface area contributed by atoms with Crippen LogP contribution in [0.5, 0.6) is 0 Å². The van der Waals surface area contributed by atoms with Gasteiger partial charge in [0, 0.05) is 11.3 Å². The van der Waals surface area contributed by atoms with Gasteiger partial charge >= 0.3 is 0 Å². The molecular formula is C14H15ClFNS. The van der Waals surface area contributed by atoms with Crippen LogP contribution in [0.1, 0.15) is 16.3 Å². The fourth-order valence-corrected chi connectivity index (χ4v) is 2.82. The van der Waals surface area contributed by atoms with E-state index in [1.165, 1.54) is 6.07 Å². The van der Waals surface area contributed by atoms with Crippen molar-refractivity contribution in [1.29, 1.82) is 0 Å². The highest BCUT2D eigenvalue weighted by Crippen LogP contribution is 2.18. The fraction of sp³-hybridized carbons (Fsp3) is 0.357. The highest BCUT2D eigenvalue weighted by Gasteiger charge is 2.12. The van der Waals surface area contributed by atoms with Crippen LogP contribution in [0.2, 0.25) is 0 Å². The van der Waals surface area contributed by atoms with E-state index in [0.717, 1.165) is 29.1 Å². The molecule has 1 nitrogen and oxygen atoms in total. The Morgan fingerprint density at radius 1 is 1.39 bits per heavy atom. The Labute approximate surface area is 116 Å².